The van der Waals surface area contributed by atoms with Crippen LogP contribution in [0.1, 0.15) is 63.9 Å². The summed E-state index contributed by atoms with van der Waals surface area (Å²) < 4.78 is 29.0. The molecule has 5 rings (SSSR count). The van der Waals surface area contributed by atoms with E-state index < -0.39 is 5.60 Å². The highest BCUT2D eigenvalue weighted by atomic mass is 19.1. The Balaban J connectivity index is 1.57. The topological polar surface area (TPSA) is 68.6 Å². The summed E-state index contributed by atoms with van der Waals surface area (Å²) in [4.78, 5) is 19.1. The zero-order valence-electron chi connectivity index (χ0n) is 19.9. The molecule has 2 fully saturated rings. The third kappa shape index (κ3) is 3.68. The maximum Gasteiger partial charge on any atom is 0.409 e. The molecule has 1 atom stereocenters. The number of hydrogen-bond acceptors (Lipinski definition) is 5. The van der Waals surface area contributed by atoms with E-state index in [9.17, 15) is 4.79 Å². The van der Waals surface area contributed by atoms with Gasteiger partial charge < -0.3 is 24.3 Å². The molecular weight excluding hydrogens is 423 g/mol. The zero-order valence-corrected chi connectivity index (χ0v) is 19.9. The second kappa shape index (κ2) is 8.01. The minimum absolute atomic E-state index is 0.0255. The van der Waals surface area contributed by atoms with E-state index in [-0.39, 0.29) is 23.4 Å². The fraction of sp³-hybridized carbons (Fsp3) is 0.600. The lowest BCUT2D eigenvalue weighted by molar-refractivity contribution is -0.0104. The number of carbonyl (C=O) groups is 1. The van der Waals surface area contributed by atoms with Crippen LogP contribution in [0, 0.1) is 5.82 Å². The van der Waals surface area contributed by atoms with Crippen LogP contribution in [0.4, 0.5) is 9.18 Å². The van der Waals surface area contributed by atoms with Crippen molar-refractivity contribution in [2.75, 3.05) is 26.2 Å². The number of aromatic nitrogens is 2. The van der Waals surface area contributed by atoms with Gasteiger partial charge in [0.15, 0.2) is 5.60 Å². The average Bonchev–Trinajstić information content (AvgIpc) is 3.12. The van der Waals surface area contributed by atoms with E-state index in [2.05, 4.69) is 23.7 Å². The molecule has 0 aliphatic carbocycles. The number of likely N-dealkylation sites (tertiary alicyclic amines) is 1. The van der Waals surface area contributed by atoms with Crippen LogP contribution >= 0.6 is 0 Å². The van der Waals surface area contributed by atoms with Crippen LogP contribution in [-0.4, -0.2) is 52.3 Å². The van der Waals surface area contributed by atoms with E-state index in [1.807, 2.05) is 20.0 Å². The highest BCUT2D eigenvalue weighted by Crippen LogP contribution is 2.51. The molecule has 7 nitrogen and oxygen atoms in total. The van der Waals surface area contributed by atoms with E-state index in [0.29, 0.717) is 49.5 Å². The molecule has 178 valence electrons. The number of ether oxygens (including phenoxy) is 2. The van der Waals surface area contributed by atoms with Crippen molar-refractivity contribution >= 4 is 6.09 Å². The standard InChI is InChI=1S/C25H33FN4O3/c1-5-32-23(31)30-13-10-25(11-14-30)21-20(19-17(26)7-6-8-18(19)33-25)28-22(29(21)4)16-9-12-27-24(2,3)15-16/h6-8,16,27H,5,9-15H2,1-4H3. The highest BCUT2D eigenvalue weighted by molar-refractivity contribution is 5.74. The molecule has 1 spiro atoms. The molecule has 8 heteroatoms. The van der Waals surface area contributed by atoms with Gasteiger partial charge in [-0.25, -0.2) is 14.2 Å². The van der Waals surface area contributed by atoms with Gasteiger partial charge in [0, 0.05) is 44.4 Å². The minimum atomic E-state index is -0.651. The third-order valence-corrected chi connectivity index (χ3v) is 7.39. The normalized spacial score (nSPS) is 22.9. The van der Waals surface area contributed by atoms with Crippen molar-refractivity contribution in [2.24, 2.45) is 7.05 Å². The Kier molecular flexibility index (Phi) is 5.39. The van der Waals surface area contributed by atoms with Gasteiger partial charge in [0.25, 0.3) is 0 Å². The van der Waals surface area contributed by atoms with Crippen molar-refractivity contribution in [3.63, 3.8) is 0 Å². The Bertz CT molecular complexity index is 1070. The summed E-state index contributed by atoms with van der Waals surface area (Å²) in [7, 11) is 2.03. The first kappa shape index (κ1) is 22.2. The van der Waals surface area contributed by atoms with Crippen molar-refractivity contribution in [3.8, 4) is 17.0 Å². The summed E-state index contributed by atoms with van der Waals surface area (Å²) in [5.41, 5.74) is 1.43. The van der Waals surface area contributed by atoms with Crippen LogP contribution in [0.15, 0.2) is 18.2 Å². The van der Waals surface area contributed by atoms with Gasteiger partial charge in [-0.05, 0) is 52.3 Å². The molecule has 4 heterocycles. The Hall–Kier alpha value is -2.61. The van der Waals surface area contributed by atoms with Gasteiger partial charge in [0.1, 0.15) is 23.1 Å². The van der Waals surface area contributed by atoms with Crippen LogP contribution in [0.25, 0.3) is 11.3 Å². The molecule has 1 N–H and O–H groups in total. The molecule has 3 aliphatic heterocycles. The molecule has 0 radical (unpaired) electrons. The lowest BCUT2D eigenvalue weighted by Crippen LogP contribution is -2.50. The van der Waals surface area contributed by atoms with Gasteiger partial charge in [-0.1, -0.05) is 6.07 Å². The highest BCUT2D eigenvalue weighted by Gasteiger charge is 2.49. The molecular formula is C25H33FN4O3. The van der Waals surface area contributed by atoms with Gasteiger partial charge in [-0.2, -0.15) is 0 Å². The predicted molar refractivity (Wildman–Crippen MR) is 123 cm³/mol. The molecule has 2 aromatic rings. The first-order valence-electron chi connectivity index (χ1n) is 12.0. The quantitative estimate of drug-likeness (QED) is 0.729. The molecule has 0 bridgehead atoms. The van der Waals surface area contributed by atoms with E-state index in [4.69, 9.17) is 14.5 Å². The Morgan fingerprint density at radius 3 is 2.79 bits per heavy atom. The van der Waals surface area contributed by atoms with Crippen molar-refractivity contribution in [1.82, 2.24) is 19.8 Å². The predicted octanol–water partition coefficient (Wildman–Crippen LogP) is 4.31. The second-order valence-electron chi connectivity index (χ2n) is 10.1. The number of piperidine rings is 2. The number of halogens is 1. The molecule has 1 amide bonds. The lowest BCUT2D eigenvalue weighted by Gasteiger charge is -2.44. The number of benzene rings is 1. The van der Waals surface area contributed by atoms with Crippen LogP contribution < -0.4 is 10.1 Å². The summed E-state index contributed by atoms with van der Waals surface area (Å²) >= 11 is 0. The fourth-order valence-electron chi connectivity index (χ4n) is 5.85. The molecule has 1 aromatic carbocycles. The monoisotopic (exact) mass is 456 g/mol. The van der Waals surface area contributed by atoms with Gasteiger partial charge >= 0.3 is 6.09 Å². The SMILES string of the molecule is CCOC(=O)N1CCC2(CC1)Oc1cccc(F)c1-c1nc(C3CCNC(C)(C)C3)n(C)c12. The molecule has 33 heavy (non-hydrogen) atoms. The lowest BCUT2D eigenvalue weighted by atomic mass is 9.83. The Morgan fingerprint density at radius 2 is 2.09 bits per heavy atom. The molecule has 0 saturated carbocycles. The number of carbonyl (C=O) groups excluding carboxylic acids is 1. The number of fused-ring (bicyclic) bond motifs is 4. The van der Waals surface area contributed by atoms with E-state index >= 15 is 4.39 Å². The van der Waals surface area contributed by atoms with E-state index in [1.165, 1.54) is 6.07 Å². The Labute approximate surface area is 194 Å². The van der Waals surface area contributed by atoms with E-state index in [0.717, 1.165) is 30.9 Å². The molecule has 1 unspecified atom stereocenters. The van der Waals surface area contributed by atoms with Crippen molar-refractivity contribution < 1.29 is 18.7 Å². The maximum atomic E-state index is 15.1. The summed E-state index contributed by atoms with van der Waals surface area (Å²) in [6, 6.07) is 4.97. The van der Waals surface area contributed by atoms with Crippen molar-refractivity contribution in [1.29, 1.82) is 0 Å². The summed E-state index contributed by atoms with van der Waals surface area (Å²) in [5.74, 6) is 1.48. The number of amides is 1. The van der Waals surface area contributed by atoms with Gasteiger partial charge in [-0.3, -0.25) is 0 Å². The van der Waals surface area contributed by atoms with Crippen LogP contribution in [0.3, 0.4) is 0 Å². The smallest absolute Gasteiger partial charge is 0.409 e. The van der Waals surface area contributed by atoms with Crippen molar-refractivity contribution in [2.45, 2.75) is 63.5 Å². The van der Waals surface area contributed by atoms with Crippen LogP contribution in [-0.2, 0) is 17.4 Å². The largest absolute Gasteiger partial charge is 0.480 e. The third-order valence-electron chi connectivity index (χ3n) is 7.39. The number of rotatable bonds is 2. The number of hydrogen-bond donors (Lipinski definition) is 1. The first-order valence-corrected chi connectivity index (χ1v) is 12.0. The second-order valence-corrected chi connectivity index (χ2v) is 10.1. The number of imidazole rings is 1. The van der Waals surface area contributed by atoms with E-state index in [1.54, 1.807) is 11.0 Å². The molecule has 2 saturated heterocycles. The molecule has 1 aromatic heterocycles. The van der Waals surface area contributed by atoms with Gasteiger partial charge in [0.2, 0.25) is 0 Å². The zero-order chi connectivity index (χ0) is 23.4. The van der Waals surface area contributed by atoms with Gasteiger partial charge in [-0.15, -0.1) is 0 Å². The molecule has 3 aliphatic rings. The average molecular weight is 457 g/mol. The first-order chi connectivity index (χ1) is 15.7. The maximum absolute atomic E-state index is 15.1. The Morgan fingerprint density at radius 1 is 1.33 bits per heavy atom. The number of nitrogens with zero attached hydrogens (tertiary/aromatic N) is 3. The number of nitrogens with one attached hydrogen (secondary N) is 1. The minimum Gasteiger partial charge on any atom is -0.480 e. The van der Waals surface area contributed by atoms with Crippen molar-refractivity contribution in [3.05, 3.63) is 35.5 Å². The van der Waals surface area contributed by atoms with Crippen LogP contribution in [0.5, 0.6) is 5.75 Å². The summed E-state index contributed by atoms with van der Waals surface area (Å²) in [5, 5.41) is 3.58. The van der Waals surface area contributed by atoms with Crippen LogP contribution in [0.2, 0.25) is 0 Å². The summed E-state index contributed by atoms with van der Waals surface area (Å²) in [6.45, 7) is 8.55. The fourth-order valence-corrected chi connectivity index (χ4v) is 5.85. The van der Waals surface area contributed by atoms with Gasteiger partial charge in [0.05, 0.1) is 17.9 Å². The summed E-state index contributed by atoms with van der Waals surface area (Å²) in [6.07, 6.45) is 2.86.